The zero-order valence-corrected chi connectivity index (χ0v) is 10.1. The predicted octanol–water partition coefficient (Wildman–Crippen LogP) is 3.53. The van der Waals surface area contributed by atoms with Crippen LogP contribution >= 0.6 is 12.6 Å². The first-order valence-electron chi connectivity index (χ1n) is 5.00. The SMILES string of the molecule is CC(CS)COc1ccc(OC(F)(F)F)cc1. The lowest BCUT2D eigenvalue weighted by molar-refractivity contribution is -0.274. The van der Waals surface area contributed by atoms with Gasteiger partial charge in [-0.25, -0.2) is 0 Å². The monoisotopic (exact) mass is 266 g/mol. The highest BCUT2D eigenvalue weighted by atomic mass is 32.1. The second-order valence-corrected chi connectivity index (χ2v) is 3.98. The first kappa shape index (κ1) is 14.0. The van der Waals surface area contributed by atoms with Gasteiger partial charge >= 0.3 is 6.36 Å². The lowest BCUT2D eigenvalue weighted by atomic mass is 10.2. The van der Waals surface area contributed by atoms with Gasteiger partial charge in [0.1, 0.15) is 11.5 Å². The summed E-state index contributed by atoms with van der Waals surface area (Å²) in [6.07, 6.45) is -4.66. The van der Waals surface area contributed by atoms with Crippen molar-refractivity contribution in [1.82, 2.24) is 0 Å². The summed E-state index contributed by atoms with van der Waals surface area (Å²) in [5.74, 6) is 1.22. The van der Waals surface area contributed by atoms with Gasteiger partial charge in [-0.3, -0.25) is 0 Å². The first-order valence-corrected chi connectivity index (χ1v) is 5.63. The minimum absolute atomic E-state index is 0.257. The maximum Gasteiger partial charge on any atom is 0.573 e. The molecule has 1 rings (SSSR count). The molecule has 0 bridgehead atoms. The number of hydrogen-bond donors (Lipinski definition) is 1. The highest BCUT2D eigenvalue weighted by Crippen LogP contribution is 2.24. The molecular weight excluding hydrogens is 253 g/mol. The molecule has 1 atom stereocenters. The third-order valence-corrected chi connectivity index (χ3v) is 2.53. The van der Waals surface area contributed by atoms with Crippen LogP contribution in [0.3, 0.4) is 0 Å². The molecule has 0 saturated heterocycles. The van der Waals surface area contributed by atoms with Crippen molar-refractivity contribution in [2.45, 2.75) is 13.3 Å². The molecular formula is C11H13F3O2S. The minimum Gasteiger partial charge on any atom is -0.493 e. The molecule has 2 nitrogen and oxygen atoms in total. The average Bonchev–Trinajstić information content (AvgIpc) is 2.25. The normalized spacial score (nSPS) is 13.2. The van der Waals surface area contributed by atoms with Gasteiger partial charge in [0, 0.05) is 0 Å². The molecule has 1 aromatic rings. The van der Waals surface area contributed by atoms with Crippen LogP contribution in [0.15, 0.2) is 24.3 Å². The van der Waals surface area contributed by atoms with Gasteiger partial charge in [-0.15, -0.1) is 13.2 Å². The molecule has 6 heteroatoms. The first-order chi connectivity index (χ1) is 7.90. The Morgan fingerprint density at radius 2 is 1.71 bits per heavy atom. The molecule has 0 aliphatic rings. The Balaban J connectivity index is 2.50. The molecule has 0 spiro atoms. The van der Waals surface area contributed by atoms with Crippen LogP contribution in [0.5, 0.6) is 11.5 Å². The molecule has 17 heavy (non-hydrogen) atoms. The minimum atomic E-state index is -4.66. The van der Waals surface area contributed by atoms with Crippen molar-refractivity contribution in [2.75, 3.05) is 12.4 Å². The maximum atomic E-state index is 11.9. The number of thiol groups is 1. The van der Waals surface area contributed by atoms with Crippen LogP contribution in [0.1, 0.15) is 6.92 Å². The molecule has 0 amide bonds. The van der Waals surface area contributed by atoms with E-state index in [4.69, 9.17) is 4.74 Å². The smallest absolute Gasteiger partial charge is 0.493 e. The molecule has 0 heterocycles. The lowest BCUT2D eigenvalue weighted by Crippen LogP contribution is -2.17. The zero-order valence-electron chi connectivity index (χ0n) is 9.20. The molecule has 0 aliphatic carbocycles. The Bertz CT molecular complexity index is 338. The number of hydrogen-bond acceptors (Lipinski definition) is 3. The summed E-state index contributed by atoms with van der Waals surface area (Å²) >= 11 is 4.10. The van der Waals surface area contributed by atoms with Crippen LogP contribution in [0.4, 0.5) is 13.2 Å². The van der Waals surface area contributed by atoms with Crippen LogP contribution in [0, 0.1) is 5.92 Å². The van der Waals surface area contributed by atoms with E-state index in [1.807, 2.05) is 6.92 Å². The average molecular weight is 266 g/mol. The molecule has 0 aromatic heterocycles. The van der Waals surface area contributed by atoms with Crippen molar-refractivity contribution in [1.29, 1.82) is 0 Å². The highest BCUT2D eigenvalue weighted by Gasteiger charge is 2.30. The Labute approximate surface area is 103 Å². The fraction of sp³-hybridized carbons (Fsp3) is 0.455. The fourth-order valence-corrected chi connectivity index (χ4v) is 1.13. The Hall–Kier alpha value is -1.04. The molecule has 0 aliphatic heterocycles. The third kappa shape index (κ3) is 5.72. The Morgan fingerprint density at radius 1 is 1.18 bits per heavy atom. The number of benzene rings is 1. The van der Waals surface area contributed by atoms with Crippen molar-refractivity contribution in [2.24, 2.45) is 5.92 Å². The molecule has 0 radical (unpaired) electrons. The quantitative estimate of drug-likeness (QED) is 0.822. The van der Waals surface area contributed by atoms with Gasteiger partial charge in [-0.1, -0.05) is 6.92 Å². The zero-order chi connectivity index (χ0) is 12.9. The fourth-order valence-electron chi connectivity index (χ4n) is 1.03. The van der Waals surface area contributed by atoms with Crippen LogP contribution in [0.25, 0.3) is 0 Å². The predicted molar refractivity (Wildman–Crippen MR) is 61.6 cm³/mol. The van der Waals surface area contributed by atoms with Crippen LogP contribution in [0.2, 0.25) is 0 Å². The van der Waals surface area contributed by atoms with E-state index in [1.54, 1.807) is 0 Å². The van der Waals surface area contributed by atoms with Crippen molar-refractivity contribution in [3.63, 3.8) is 0 Å². The second kappa shape index (κ2) is 6.05. The summed E-state index contributed by atoms with van der Waals surface area (Å²) in [7, 11) is 0. The van der Waals surface area contributed by atoms with Crippen molar-refractivity contribution >= 4 is 12.6 Å². The summed E-state index contributed by atoms with van der Waals surface area (Å²) < 4.78 is 44.7. The van der Waals surface area contributed by atoms with E-state index in [9.17, 15) is 13.2 Å². The van der Waals surface area contributed by atoms with Crippen molar-refractivity contribution < 1.29 is 22.6 Å². The lowest BCUT2D eigenvalue weighted by Gasteiger charge is -2.12. The van der Waals surface area contributed by atoms with Crippen molar-refractivity contribution in [3.8, 4) is 11.5 Å². The largest absolute Gasteiger partial charge is 0.573 e. The number of rotatable bonds is 5. The van der Waals surface area contributed by atoms with E-state index in [-0.39, 0.29) is 11.7 Å². The van der Waals surface area contributed by atoms with E-state index >= 15 is 0 Å². The van der Waals surface area contributed by atoms with Gasteiger partial charge in [0.2, 0.25) is 0 Å². The molecule has 1 aromatic carbocycles. The van der Waals surface area contributed by atoms with Crippen LogP contribution < -0.4 is 9.47 Å². The Kier molecular flexibility index (Phi) is 4.99. The van der Waals surface area contributed by atoms with Crippen LogP contribution in [-0.4, -0.2) is 18.7 Å². The van der Waals surface area contributed by atoms with Gasteiger partial charge in [0.15, 0.2) is 0 Å². The summed E-state index contributed by atoms with van der Waals surface area (Å²) in [4.78, 5) is 0. The van der Waals surface area contributed by atoms with E-state index in [0.29, 0.717) is 18.1 Å². The standard InChI is InChI=1S/C11H13F3O2S/c1-8(7-17)6-15-9-2-4-10(5-3-9)16-11(12,13)14/h2-5,8,17H,6-7H2,1H3. The summed E-state index contributed by atoms with van der Waals surface area (Å²) in [6, 6.07) is 5.31. The van der Waals surface area contributed by atoms with E-state index in [2.05, 4.69) is 17.4 Å². The van der Waals surface area contributed by atoms with Gasteiger partial charge < -0.3 is 9.47 Å². The van der Waals surface area contributed by atoms with Crippen LogP contribution in [-0.2, 0) is 0 Å². The topological polar surface area (TPSA) is 18.5 Å². The number of halogens is 3. The van der Waals surface area contributed by atoms with Crippen molar-refractivity contribution in [3.05, 3.63) is 24.3 Å². The summed E-state index contributed by atoms with van der Waals surface area (Å²) in [5, 5.41) is 0. The highest BCUT2D eigenvalue weighted by molar-refractivity contribution is 7.80. The van der Waals surface area contributed by atoms with Gasteiger partial charge in [0.25, 0.3) is 0 Å². The maximum absolute atomic E-state index is 11.9. The molecule has 0 saturated carbocycles. The molecule has 0 N–H and O–H groups in total. The Morgan fingerprint density at radius 3 is 2.18 bits per heavy atom. The molecule has 1 unspecified atom stereocenters. The van der Waals surface area contributed by atoms with Gasteiger partial charge in [-0.2, -0.15) is 12.6 Å². The third-order valence-electron chi connectivity index (χ3n) is 1.90. The number of ether oxygens (including phenoxy) is 2. The second-order valence-electron chi connectivity index (χ2n) is 3.62. The van der Waals surface area contributed by atoms with E-state index < -0.39 is 6.36 Å². The summed E-state index contributed by atoms with van der Waals surface area (Å²) in [6.45, 7) is 2.44. The van der Waals surface area contributed by atoms with E-state index in [0.717, 1.165) is 0 Å². The van der Waals surface area contributed by atoms with Gasteiger partial charge in [0.05, 0.1) is 6.61 Å². The summed E-state index contributed by atoms with van der Waals surface area (Å²) in [5.41, 5.74) is 0. The van der Waals surface area contributed by atoms with Gasteiger partial charge in [-0.05, 0) is 35.9 Å². The molecule has 0 fully saturated rings. The molecule has 96 valence electrons. The number of alkyl halides is 3. The van der Waals surface area contributed by atoms with E-state index in [1.165, 1.54) is 24.3 Å².